The summed E-state index contributed by atoms with van der Waals surface area (Å²) in [5.74, 6) is -0.710. The van der Waals surface area contributed by atoms with Gasteiger partial charge in [-0.15, -0.1) is 0 Å². The van der Waals surface area contributed by atoms with E-state index < -0.39 is 0 Å². The van der Waals surface area contributed by atoms with Crippen LogP contribution in [0.15, 0.2) is 54.6 Å². The fourth-order valence-electron chi connectivity index (χ4n) is 2.20. The molecule has 0 radical (unpaired) electrons. The van der Waals surface area contributed by atoms with Gasteiger partial charge in [-0.1, -0.05) is 24.3 Å². The van der Waals surface area contributed by atoms with Crippen LogP contribution in [0.5, 0.6) is 0 Å². The van der Waals surface area contributed by atoms with Gasteiger partial charge in [0, 0.05) is 31.3 Å². The number of hydrogen-bond acceptors (Lipinski definition) is 3. The molecule has 26 heavy (non-hydrogen) atoms. The fourth-order valence-corrected chi connectivity index (χ4v) is 2.20. The van der Waals surface area contributed by atoms with Gasteiger partial charge in [0.25, 0.3) is 5.91 Å². The Hall–Kier alpha value is -2.99. The SMILES string of the molecule is NCc1ccc(C(=O)NCCCNC(=O)/C=C/c2ccc(F)cc2)cc1. The van der Waals surface area contributed by atoms with Gasteiger partial charge in [-0.25, -0.2) is 4.39 Å². The second-order valence-electron chi connectivity index (χ2n) is 5.69. The molecule has 0 aliphatic carbocycles. The van der Waals surface area contributed by atoms with E-state index in [-0.39, 0.29) is 17.6 Å². The Labute approximate surface area is 152 Å². The summed E-state index contributed by atoms with van der Waals surface area (Å²) in [5, 5.41) is 5.53. The van der Waals surface area contributed by atoms with Crippen LogP contribution in [-0.4, -0.2) is 24.9 Å². The quantitative estimate of drug-likeness (QED) is 0.501. The van der Waals surface area contributed by atoms with E-state index in [1.807, 2.05) is 12.1 Å². The van der Waals surface area contributed by atoms with E-state index in [1.165, 1.54) is 18.2 Å². The van der Waals surface area contributed by atoms with E-state index in [1.54, 1.807) is 30.3 Å². The van der Waals surface area contributed by atoms with Crippen LogP contribution in [0.2, 0.25) is 0 Å². The number of benzene rings is 2. The van der Waals surface area contributed by atoms with Crippen LogP contribution in [0.4, 0.5) is 4.39 Å². The molecule has 0 aliphatic heterocycles. The summed E-state index contributed by atoms with van der Waals surface area (Å²) in [7, 11) is 0. The molecule has 6 heteroatoms. The Morgan fingerprint density at radius 2 is 1.62 bits per heavy atom. The Balaban J connectivity index is 1.64. The summed E-state index contributed by atoms with van der Waals surface area (Å²) in [4.78, 5) is 23.6. The maximum absolute atomic E-state index is 12.8. The lowest BCUT2D eigenvalue weighted by atomic mass is 10.1. The van der Waals surface area contributed by atoms with Crippen molar-refractivity contribution in [3.05, 3.63) is 77.1 Å². The van der Waals surface area contributed by atoms with Gasteiger partial charge in [-0.05, 0) is 47.9 Å². The zero-order chi connectivity index (χ0) is 18.8. The molecule has 0 saturated heterocycles. The van der Waals surface area contributed by atoms with Crippen LogP contribution in [0.25, 0.3) is 6.08 Å². The third-order valence-corrected chi connectivity index (χ3v) is 3.69. The molecule has 0 bridgehead atoms. The molecule has 0 saturated carbocycles. The number of nitrogens with one attached hydrogen (secondary N) is 2. The van der Waals surface area contributed by atoms with Crippen LogP contribution >= 0.6 is 0 Å². The molecule has 5 nitrogen and oxygen atoms in total. The fraction of sp³-hybridized carbons (Fsp3) is 0.200. The van der Waals surface area contributed by atoms with Crippen molar-refractivity contribution in [2.24, 2.45) is 5.73 Å². The third-order valence-electron chi connectivity index (χ3n) is 3.69. The molecule has 4 N–H and O–H groups in total. The number of rotatable bonds is 8. The van der Waals surface area contributed by atoms with E-state index in [4.69, 9.17) is 5.73 Å². The molecule has 0 unspecified atom stereocenters. The van der Waals surface area contributed by atoms with Crippen LogP contribution in [-0.2, 0) is 11.3 Å². The van der Waals surface area contributed by atoms with Crippen molar-refractivity contribution in [2.75, 3.05) is 13.1 Å². The summed E-state index contributed by atoms with van der Waals surface area (Å²) in [6.07, 6.45) is 3.62. The van der Waals surface area contributed by atoms with Crippen LogP contribution in [0, 0.1) is 5.82 Å². The number of halogens is 1. The largest absolute Gasteiger partial charge is 0.352 e. The Bertz CT molecular complexity index is 756. The van der Waals surface area contributed by atoms with Gasteiger partial charge < -0.3 is 16.4 Å². The molecule has 0 fully saturated rings. The van der Waals surface area contributed by atoms with Crippen LogP contribution in [0.1, 0.15) is 27.9 Å². The maximum atomic E-state index is 12.8. The zero-order valence-corrected chi connectivity index (χ0v) is 14.4. The van der Waals surface area contributed by atoms with E-state index in [9.17, 15) is 14.0 Å². The predicted octanol–water partition coefficient (Wildman–Crippen LogP) is 2.23. The lowest BCUT2D eigenvalue weighted by molar-refractivity contribution is -0.116. The van der Waals surface area contributed by atoms with Crippen molar-refractivity contribution in [1.29, 1.82) is 0 Å². The van der Waals surface area contributed by atoms with Gasteiger partial charge in [0.2, 0.25) is 5.91 Å². The minimum absolute atomic E-state index is 0.156. The predicted molar refractivity (Wildman–Crippen MR) is 99.7 cm³/mol. The third kappa shape index (κ3) is 6.49. The molecule has 2 amide bonds. The van der Waals surface area contributed by atoms with Gasteiger partial charge in [-0.3, -0.25) is 9.59 Å². The number of amides is 2. The zero-order valence-electron chi connectivity index (χ0n) is 14.4. The highest BCUT2D eigenvalue weighted by Gasteiger charge is 2.04. The van der Waals surface area contributed by atoms with E-state index >= 15 is 0 Å². The number of hydrogen-bond donors (Lipinski definition) is 3. The average Bonchev–Trinajstić information content (AvgIpc) is 2.67. The van der Waals surface area contributed by atoms with Crippen LogP contribution < -0.4 is 16.4 Å². The maximum Gasteiger partial charge on any atom is 0.251 e. The molecule has 0 heterocycles. The first-order chi connectivity index (χ1) is 12.6. The van der Waals surface area contributed by atoms with Crippen molar-refractivity contribution >= 4 is 17.9 Å². The highest BCUT2D eigenvalue weighted by atomic mass is 19.1. The Morgan fingerprint density at radius 3 is 2.27 bits per heavy atom. The summed E-state index contributed by atoms with van der Waals surface area (Å²) < 4.78 is 12.8. The summed E-state index contributed by atoms with van der Waals surface area (Å²) in [6, 6.07) is 13.0. The molecule has 0 spiro atoms. The molecule has 0 aliphatic rings. The van der Waals surface area contributed by atoms with Gasteiger partial charge in [0.05, 0.1) is 0 Å². The van der Waals surface area contributed by atoms with Gasteiger partial charge in [0.1, 0.15) is 5.82 Å². The van der Waals surface area contributed by atoms with Crippen LogP contribution in [0.3, 0.4) is 0 Å². The second-order valence-corrected chi connectivity index (χ2v) is 5.69. The normalized spacial score (nSPS) is 10.7. The lowest BCUT2D eigenvalue weighted by Gasteiger charge is -2.06. The standard InChI is InChI=1S/C20H22FN3O2/c21-18-9-4-15(5-10-18)6-11-19(25)23-12-1-13-24-20(26)17-7-2-16(14-22)3-8-17/h2-11H,1,12-14,22H2,(H,23,25)(H,24,26)/b11-6+. The van der Waals surface area contributed by atoms with Gasteiger partial charge in [-0.2, -0.15) is 0 Å². The molecule has 0 atom stereocenters. The van der Waals surface area contributed by atoms with Crippen molar-refractivity contribution < 1.29 is 14.0 Å². The summed E-state index contributed by atoms with van der Waals surface area (Å²) >= 11 is 0. The highest BCUT2D eigenvalue weighted by molar-refractivity contribution is 5.94. The van der Waals surface area contributed by atoms with E-state index in [0.29, 0.717) is 31.6 Å². The average molecular weight is 355 g/mol. The molecule has 136 valence electrons. The van der Waals surface area contributed by atoms with Crippen molar-refractivity contribution in [3.8, 4) is 0 Å². The van der Waals surface area contributed by atoms with Crippen molar-refractivity contribution in [1.82, 2.24) is 10.6 Å². The number of nitrogens with two attached hydrogens (primary N) is 1. The second kappa shape index (κ2) is 10.1. The smallest absolute Gasteiger partial charge is 0.251 e. The first kappa shape index (κ1) is 19.3. The van der Waals surface area contributed by atoms with E-state index in [0.717, 1.165) is 11.1 Å². The molecule has 2 aromatic carbocycles. The van der Waals surface area contributed by atoms with Gasteiger partial charge >= 0.3 is 0 Å². The van der Waals surface area contributed by atoms with Crippen molar-refractivity contribution in [3.63, 3.8) is 0 Å². The lowest BCUT2D eigenvalue weighted by Crippen LogP contribution is -2.29. The highest BCUT2D eigenvalue weighted by Crippen LogP contribution is 2.05. The number of carbonyl (C=O) groups is 2. The first-order valence-electron chi connectivity index (χ1n) is 8.37. The molecular formula is C20H22FN3O2. The molecular weight excluding hydrogens is 333 g/mol. The molecule has 2 aromatic rings. The minimum Gasteiger partial charge on any atom is -0.352 e. The first-order valence-corrected chi connectivity index (χ1v) is 8.37. The Morgan fingerprint density at radius 1 is 0.962 bits per heavy atom. The summed E-state index contributed by atoms with van der Waals surface area (Å²) in [5.41, 5.74) is 7.81. The minimum atomic E-state index is -0.316. The Kier molecular flexibility index (Phi) is 7.51. The van der Waals surface area contributed by atoms with Gasteiger partial charge in [0.15, 0.2) is 0 Å². The topological polar surface area (TPSA) is 84.2 Å². The van der Waals surface area contributed by atoms with Crippen molar-refractivity contribution in [2.45, 2.75) is 13.0 Å². The monoisotopic (exact) mass is 355 g/mol. The number of carbonyl (C=O) groups excluding carboxylic acids is 2. The van der Waals surface area contributed by atoms with E-state index in [2.05, 4.69) is 10.6 Å². The molecule has 2 rings (SSSR count). The summed E-state index contributed by atoms with van der Waals surface area (Å²) in [6.45, 7) is 1.34. The molecule has 0 aromatic heterocycles.